The molecule has 3 heteroatoms. The van der Waals surface area contributed by atoms with Gasteiger partial charge in [0.15, 0.2) is 11.6 Å². The van der Waals surface area contributed by atoms with Crippen LogP contribution in [0.15, 0.2) is 18.2 Å². The third-order valence-electron chi connectivity index (χ3n) is 4.50. The van der Waals surface area contributed by atoms with Crippen molar-refractivity contribution in [3.8, 4) is 5.75 Å². The van der Waals surface area contributed by atoms with Gasteiger partial charge in [-0.3, -0.25) is 0 Å². The molecule has 2 nitrogen and oxygen atoms in total. The Labute approximate surface area is 121 Å². The standard InChI is InChI=1S/C17H26FNO/c1-19-15(9-7-13-5-3-4-6-13)11-14-8-10-17(20-2)16(18)12-14/h8,10,12-13,15,19H,3-7,9,11H2,1-2H3. The number of hydrogen-bond acceptors (Lipinski definition) is 2. The van der Waals surface area contributed by atoms with Crippen molar-refractivity contribution in [2.45, 2.75) is 51.0 Å². The molecule has 0 aliphatic heterocycles. The first-order valence-electron chi connectivity index (χ1n) is 7.72. The molecule has 2 rings (SSSR count). The molecule has 112 valence electrons. The van der Waals surface area contributed by atoms with Crippen molar-refractivity contribution < 1.29 is 9.13 Å². The van der Waals surface area contributed by atoms with Gasteiger partial charge in [0.2, 0.25) is 0 Å². The molecule has 1 aliphatic rings. The molecular formula is C17H26FNO. The maximum absolute atomic E-state index is 13.7. The summed E-state index contributed by atoms with van der Waals surface area (Å²) in [6.45, 7) is 0. The summed E-state index contributed by atoms with van der Waals surface area (Å²) < 4.78 is 18.6. The molecule has 1 unspecified atom stereocenters. The Kier molecular flexibility index (Phi) is 5.84. The van der Waals surface area contributed by atoms with Crippen LogP contribution in [0.4, 0.5) is 4.39 Å². The number of hydrogen-bond donors (Lipinski definition) is 1. The zero-order chi connectivity index (χ0) is 14.4. The van der Waals surface area contributed by atoms with Gasteiger partial charge in [-0.05, 0) is 49.9 Å². The fourth-order valence-corrected chi connectivity index (χ4v) is 3.21. The fraction of sp³-hybridized carbons (Fsp3) is 0.647. The highest BCUT2D eigenvalue weighted by atomic mass is 19.1. The van der Waals surface area contributed by atoms with E-state index >= 15 is 0 Å². The molecule has 1 saturated carbocycles. The van der Waals surface area contributed by atoms with E-state index < -0.39 is 0 Å². The zero-order valence-electron chi connectivity index (χ0n) is 12.6. The SMILES string of the molecule is CNC(CCC1CCCC1)Cc1ccc(OC)c(F)c1. The van der Waals surface area contributed by atoms with E-state index in [1.807, 2.05) is 13.1 Å². The average Bonchev–Trinajstić information content (AvgIpc) is 2.97. The maximum atomic E-state index is 13.7. The second-order valence-electron chi connectivity index (χ2n) is 5.89. The summed E-state index contributed by atoms with van der Waals surface area (Å²) in [6.07, 6.45) is 8.95. The molecule has 0 radical (unpaired) electrons. The second kappa shape index (κ2) is 7.63. The van der Waals surface area contributed by atoms with Gasteiger partial charge in [0.1, 0.15) is 0 Å². The van der Waals surface area contributed by atoms with E-state index in [1.165, 1.54) is 45.6 Å². The van der Waals surface area contributed by atoms with E-state index in [2.05, 4.69) is 5.32 Å². The van der Waals surface area contributed by atoms with Crippen molar-refractivity contribution in [2.75, 3.05) is 14.2 Å². The topological polar surface area (TPSA) is 21.3 Å². The lowest BCUT2D eigenvalue weighted by Crippen LogP contribution is -2.28. The predicted octanol–water partition coefficient (Wildman–Crippen LogP) is 3.94. The number of halogens is 1. The number of methoxy groups -OCH3 is 1. The molecule has 20 heavy (non-hydrogen) atoms. The van der Waals surface area contributed by atoms with E-state index in [0.717, 1.165) is 17.9 Å². The predicted molar refractivity (Wildman–Crippen MR) is 80.7 cm³/mol. The summed E-state index contributed by atoms with van der Waals surface area (Å²) in [6, 6.07) is 5.71. The van der Waals surface area contributed by atoms with E-state index in [-0.39, 0.29) is 5.82 Å². The molecule has 1 N–H and O–H groups in total. The normalized spacial score (nSPS) is 17.4. The van der Waals surface area contributed by atoms with Crippen molar-refractivity contribution in [1.82, 2.24) is 5.32 Å². The zero-order valence-corrected chi connectivity index (χ0v) is 12.6. The van der Waals surface area contributed by atoms with Gasteiger partial charge in [-0.25, -0.2) is 4.39 Å². The largest absolute Gasteiger partial charge is 0.494 e. The molecule has 1 aromatic carbocycles. The molecule has 1 fully saturated rings. The van der Waals surface area contributed by atoms with Crippen molar-refractivity contribution in [3.63, 3.8) is 0 Å². The fourth-order valence-electron chi connectivity index (χ4n) is 3.21. The summed E-state index contributed by atoms with van der Waals surface area (Å²) in [7, 11) is 3.50. The summed E-state index contributed by atoms with van der Waals surface area (Å²) in [5, 5.41) is 3.37. The van der Waals surface area contributed by atoms with Crippen LogP contribution in [0.25, 0.3) is 0 Å². The second-order valence-corrected chi connectivity index (χ2v) is 5.89. The van der Waals surface area contributed by atoms with Crippen LogP contribution in [0, 0.1) is 11.7 Å². The van der Waals surface area contributed by atoms with Gasteiger partial charge in [0.05, 0.1) is 7.11 Å². The highest BCUT2D eigenvalue weighted by molar-refractivity contribution is 5.29. The van der Waals surface area contributed by atoms with Crippen molar-refractivity contribution in [2.24, 2.45) is 5.92 Å². The third kappa shape index (κ3) is 4.20. The molecule has 0 aromatic heterocycles. The molecule has 1 aliphatic carbocycles. The Morgan fingerprint density at radius 3 is 2.70 bits per heavy atom. The summed E-state index contributed by atoms with van der Waals surface area (Å²) in [5.74, 6) is 0.967. The Balaban J connectivity index is 1.86. The summed E-state index contributed by atoms with van der Waals surface area (Å²) in [5.41, 5.74) is 1.04. The van der Waals surface area contributed by atoms with Gasteiger partial charge < -0.3 is 10.1 Å². The molecule has 0 heterocycles. The number of ether oxygens (including phenoxy) is 1. The van der Waals surface area contributed by atoms with E-state index in [1.54, 1.807) is 12.1 Å². The van der Waals surface area contributed by atoms with Crippen LogP contribution >= 0.6 is 0 Å². The van der Waals surface area contributed by atoms with Crippen LogP contribution < -0.4 is 10.1 Å². The lowest BCUT2D eigenvalue weighted by molar-refractivity contribution is 0.385. The average molecular weight is 279 g/mol. The van der Waals surface area contributed by atoms with Gasteiger partial charge >= 0.3 is 0 Å². The van der Waals surface area contributed by atoms with Crippen LogP contribution in [-0.2, 0) is 6.42 Å². The Hall–Kier alpha value is -1.09. The minimum Gasteiger partial charge on any atom is -0.494 e. The monoisotopic (exact) mass is 279 g/mol. The van der Waals surface area contributed by atoms with Crippen LogP contribution in [0.2, 0.25) is 0 Å². The quantitative estimate of drug-likeness (QED) is 0.816. The summed E-state index contributed by atoms with van der Waals surface area (Å²) >= 11 is 0. The molecule has 0 spiro atoms. The Morgan fingerprint density at radius 2 is 2.10 bits per heavy atom. The van der Waals surface area contributed by atoms with Crippen molar-refractivity contribution in [1.29, 1.82) is 0 Å². The Bertz CT molecular complexity index is 415. The van der Waals surface area contributed by atoms with Crippen molar-refractivity contribution in [3.05, 3.63) is 29.6 Å². The lowest BCUT2D eigenvalue weighted by atomic mass is 9.95. The maximum Gasteiger partial charge on any atom is 0.165 e. The van der Waals surface area contributed by atoms with Crippen LogP contribution in [0.3, 0.4) is 0 Å². The van der Waals surface area contributed by atoms with Gasteiger partial charge in [0, 0.05) is 6.04 Å². The highest BCUT2D eigenvalue weighted by Crippen LogP contribution is 2.29. The van der Waals surface area contributed by atoms with Crippen LogP contribution in [-0.4, -0.2) is 20.2 Å². The van der Waals surface area contributed by atoms with Gasteiger partial charge in [-0.1, -0.05) is 31.7 Å². The lowest BCUT2D eigenvalue weighted by Gasteiger charge is -2.18. The molecule has 0 saturated heterocycles. The molecule has 1 aromatic rings. The molecule has 1 atom stereocenters. The number of benzene rings is 1. The van der Waals surface area contributed by atoms with Crippen molar-refractivity contribution >= 4 is 0 Å². The van der Waals surface area contributed by atoms with Gasteiger partial charge in [0.25, 0.3) is 0 Å². The molecule has 0 amide bonds. The Morgan fingerprint density at radius 1 is 1.35 bits per heavy atom. The van der Waals surface area contributed by atoms with Crippen LogP contribution in [0.1, 0.15) is 44.1 Å². The molecular weight excluding hydrogens is 253 g/mol. The first kappa shape index (κ1) is 15.3. The highest BCUT2D eigenvalue weighted by Gasteiger charge is 2.17. The smallest absolute Gasteiger partial charge is 0.165 e. The molecule has 0 bridgehead atoms. The third-order valence-corrected chi connectivity index (χ3v) is 4.50. The van der Waals surface area contributed by atoms with E-state index in [4.69, 9.17) is 4.74 Å². The first-order valence-corrected chi connectivity index (χ1v) is 7.72. The number of rotatable bonds is 7. The number of nitrogens with one attached hydrogen (secondary N) is 1. The van der Waals surface area contributed by atoms with Gasteiger partial charge in [-0.2, -0.15) is 0 Å². The van der Waals surface area contributed by atoms with Crippen LogP contribution in [0.5, 0.6) is 5.75 Å². The van der Waals surface area contributed by atoms with E-state index in [9.17, 15) is 4.39 Å². The first-order chi connectivity index (χ1) is 9.72. The van der Waals surface area contributed by atoms with E-state index in [0.29, 0.717) is 11.8 Å². The minimum absolute atomic E-state index is 0.268. The van der Waals surface area contributed by atoms with Gasteiger partial charge in [-0.15, -0.1) is 0 Å². The minimum atomic E-state index is -0.268. The summed E-state index contributed by atoms with van der Waals surface area (Å²) in [4.78, 5) is 0. The number of likely N-dealkylation sites (N-methyl/N-ethyl adjacent to an activating group) is 1.